The van der Waals surface area contributed by atoms with Gasteiger partial charge in [-0.2, -0.15) is 0 Å². The van der Waals surface area contributed by atoms with Crippen molar-refractivity contribution in [1.29, 1.82) is 0 Å². The second-order valence-electron chi connectivity index (χ2n) is 6.50. The van der Waals surface area contributed by atoms with Gasteiger partial charge in [-0.1, -0.05) is 13.3 Å². The average molecular weight is 346 g/mol. The Morgan fingerprint density at radius 1 is 1.12 bits per heavy atom. The first-order chi connectivity index (χ1) is 12.1. The number of methoxy groups -OCH3 is 1. The van der Waals surface area contributed by atoms with Gasteiger partial charge in [-0.3, -0.25) is 9.69 Å². The molecule has 7 nitrogen and oxygen atoms in total. The number of rotatable bonds is 6. The van der Waals surface area contributed by atoms with Crippen LogP contribution in [0.5, 0.6) is 5.75 Å². The Kier molecular flexibility index (Phi) is 5.43. The van der Waals surface area contributed by atoms with Crippen LogP contribution in [0.1, 0.15) is 19.8 Å². The number of benzene rings is 1. The maximum Gasteiger partial charge on any atom is 0.325 e. The van der Waals surface area contributed by atoms with E-state index in [1.165, 1.54) is 10.6 Å². The first-order valence-electron chi connectivity index (χ1n) is 8.85. The summed E-state index contributed by atoms with van der Waals surface area (Å²) in [5, 5.41) is 2.78. The zero-order valence-corrected chi connectivity index (χ0v) is 14.9. The van der Waals surface area contributed by atoms with Gasteiger partial charge in [-0.05, 0) is 30.7 Å². The molecule has 3 rings (SSSR count). The van der Waals surface area contributed by atoms with E-state index in [0.29, 0.717) is 13.1 Å². The predicted octanol–water partition coefficient (Wildman–Crippen LogP) is 1.50. The number of amides is 3. The molecule has 2 heterocycles. The third-order valence-corrected chi connectivity index (χ3v) is 4.84. The molecule has 136 valence electrons. The van der Waals surface area contributed by atoms with Crippen molar-refractivity contribution in [3.8, 4) is 5.75 Å². The second-order valence-corrected chi connectivity index (χ2v) is 6.50. The minimum absolute atomic E-state index is 0.0931. The Balaban J connectivity index is 1.52. The summed E-state index contributed by atoms with van der Waals surface area (Å²) in [6.45, 7) is 5.77. The standard InChI is InChI=1S/C18H26N4O3/c1-3-4-16-17(23)22(18(24)19-16)13-20-9-11-21(12-10-20)14-5-7-15(25-2)8-6-14/h5-8,16H,3-4,9-13H2,1-2H3,(H,19,24)/t16-/m0/s1. The van der Waals surface area contributed by atoms with Gasteiger partial charge in [0.2, 0.25) is 0 Å². The van der Waals surface area contributed by atoms with Crippen LogP contribution in [0.15, 0.2) is 24.3 Å². The molecule has 25 heavy (non-hydrogen) atoms. The highest BCUT2D eigenvalue weighted by molar-refractivity contribution is 6.04. The number of anilines is 1. The van der Waals surface area contributed by atoms with Crippen molar-refractivity contribution >= 4 is 17.6 Å². The van der Waals surface area contributed by atoms with E-state index in [-0.39, 0.29) is 18.0 Å². The molecule has 0 saturated carbocycles. The number of nitrogens with one attached hydrogen (secondary N) is 1. The van der Waals surface area contributed by atoms with Crippen molar-refractivity contribution in [1.82, 2.24) is 15.1 Å². The lowest BCUT2D eigenvalue weighted by Crippen LogP contribution is -2.51. The minimum Gasteiger partial charge on any atom is -0.497 e. The highest BCUT2D eigenvalue weighted by atomic mass is 16.5. The van der Waals surface area contributed by atoms with Gasteiger partial charge >= 0.3 is 6.03 Å². The van der Waals surface area contributed by atoms with Crippen LogP contribution in [-0.2, 0) is 4.79 Å². The first kappa shape index (κ1) is 17.5. The van der Waals surface area contributed by atoms with Crippen LogP contribution in [0.25, 0.3) is 0 Å². The molecule has 2 fully saturated rings. The van der Waals surface area contributed by atoms with Crippen LogP contribution in [0.3, 0.4) is 0 Å². The number of hydrogen-bond donors (Lipinski definition) is 1. The molecule has 0 bridgehead atoms. The van der Waals surface area contributed by atoms with Crippen molar-refractivity contribution in [3.63, 3.8) is 0 Å². The van der Waals surface area contributed by atoms with Gasteiger partial charge in [-0.25, -0.2) is 9.69 Å². The number of piperazine rings is 1. The SMILES string of the molecule is CCC[C@@H]1NC(=O)N(CN2CCN(c3ccc(OC)cc3)CC2)C1=O. The van der Waals surface area contributed by atoms with E-state index in [1.54, 1.807) is 7.11 Å². The average Bonchev–Trinajstić information content (AvgIpc) is 2.90. The molecule has 2 saturated heterocycles. The fourth-order valence-corrected chi connectivity index (χ4v) is 3.34. The molecule has 0 aromatic heterocycles. The molecule has 2 aliphatic heterocycles. The largest absolute Gasteiger partial charge is 0.497 e. The van der Waals surface area contributed by atoms with Gasteiger partial charge in [0.1, 0.15) is 11.8 Å². The molecule has 3 amide bonds. The summed E-state index contributed by atoms with van der Waals surface area (Å²) < 4.78 is 5.19. The topological polar surface area (TPSA) is 65.1 Å². The van der Waals surface area contributed by atoms with Crippen molar-refractivity contribution in [2.45, 2.75) is 25.8 Å². The summed E-state index contributed by atoms with van der Waals surface area (Å²) in [5.74, 6) is 0.756. The number of urea groups is 1. The van der Waals surface area contributed by atoms with E-state index in [9.17, 15) is 9.59 Å². The highest BCUT2D eigenvalue weighted by Gasteiger charge is 2.38. The number of nitrogens with zero attached hydrogens (tertiary/aromatic N) is 3. The lowest BCUT2D eigenvalue weighted by molar-refractivity contribution is -0.129. The molecule has 1 atom stereocenters. The summed E-state index contributed by atoms with van der Waals surface area (Å²) in [4.78, 5) is 30.2. The van der Waals surface area contributed by atoms with Crippen LogP contribution in [-0.4, -0.2) is 67.7 Å². The Labute approximate surface area is 148 Å². The molecule has 1 N–H and O–H groups in total. The van der Waals surface area contributed by atoms with E-state index in [0.717, 1.165) is 38.3 Å². The molecule has 1 aromatic carbocycles. The van der Waals surface area contributed by atoms with Gasteiger partial charge < -0.3 is 15.0 Å². The lowest BCUT2D eigenvalue weighted by Gasteiger charge is -2.37. The van der Waals surface area contributed by atoms with E-state index in [2.05, 4.69) is 27.2 Å². The summed E-state index contributed by atoms with van der Waals surface area (Å²) >= 11 is 0. The normalized spacial score (nSPS) is 21.6. The summed E-state index contributed by atoms with van der Waals surface area (Å²) in [6.07, 6.45) is 1.58. The summed E-state index contributed by atoms with van der Waals surface area (Å²) in [5.41, 5.74) is 1.17. The van der Waals surface area contributed by atoms with Crippen LogP contribution in [0, 0.1) is 0 Å². The number of carbonyl (C=O) groups excluding carboxylic acids is 2. The van der Waals surface area contributed by atoms with E-state index >= 15 is 0 Å². The van der Waals surface area contributed by atoms with Gasteiger partial charge in [-0.15, -0.1) is 0 Å². The van der Waals surface area contributed by atoms with Crippen LogP contribution >= 0.6 is 0 Å². The summed E-state index contributed by atoms with van der Waals surface area (Å²) in [6, 6.07) is 7.42. The van der Waals surface area contributed by atoms with Crippen molar-refractivity contribution in [2.24, 2.45) is 0 Å². The smallest absolute Gasteiger partial charge is 0.325 e. The minimum atomic E-state index is -0.349. The maximum atomic E-state index is 12.3. The van der Waals surface area contributed by atoms with Crippen molar-refractivity contribution in [2.75, 3.05) is 44.9 Å². The fraction of sp³-hybridized carbons (Fsp3) is 0.556. The molecular formula is C18H26N4O3. The second kappa shape index (κ2) is 7.74. The first-order valence-corrected chi connectivity index (χ1v) is 8.85. The van der Waals surface area contributed by atoms with E-state index in [4.69, 9.17) is 4.74 Å². The number of hydrogen-bond acceptors (Lipinski definition) is 5. The fourth-order valence-electron chi connectivity index (χ4n) is 3.34. The molecule has 2 aliphatic rings. The van der Waals surface area contributed by atoms with Crippen molar-refractivity contribution in [3.05, 3.63) is 24.3 Å². The zero-order chi connectivity index (χ0) is 17.8. The Morgan fingerprint density at radius 3 is 2.40 bits per heavy atom. The molecule has 0 unspecified atom stereocenters. The third-order valence-electron chi connectivity index (χ3n) is 4.84. The van der Waals surface area contributed by atoms with Crippen LogP contribution < -0.4 is 15.0 Å². The zero-order valence-electron chi connectivity index (χ0n) is 14.9. The van der Waals surface area contributed by atoms with Gasteiger partial charge in [0.25, 0.3) is 5.91 Å². The lowest BCUT2D eigenvalue weighted by atomic mass is 10.2. The third kappa shape index (κ3) is 3.87. The summed E-state index contributed by atoms with van der Waals surface area (Å²) in [7, 11) is 1.66. The van der Waals surface area contributed by atoms with Crippen LogP contribution in [0.4, 0.5) is 10.5 Å². The molecule has 0 spiro atoms. The molecule has 7 heteroatoms. The van der Waals surface area contributed by atoms with Gasteiger partial charge in [0.05, 0.1) is 13.8 Å². The molecule has 0 radical (unpaired) electrons. The Hall–Kier alpha value is -2.28. The Bertz CT molecular complexity index is 611. The molecule has 0 aliphatic carbocycles. The molecule has 1 aromatic rings. The number of carbonyl (C=O) groups is 2. The predicted molar refractivity (Wildman–Crippen MR) is 95.7 cm³/mol. The quantitative estimate of drug-likeness (QED) is 0.791. The van der Waals surface area contributed by atoms with Gasteiger partial charge in [0.15, 0.2) is 0 Å². The number of ether oxygens (including phenoxy) is 1. The maximum absolute atomic E-state index is 12.3. The van der Waals surface area contributed by atoms with E-state index < -0.39 is 0 Å². The monoisotopic (exact) mass is 346 g/mol. The van der Waals surface area contributed by atoms with E-state index in [1.807, 2.05) is 19.1 Å². The van der Waals surface area contributed by atoms with Crippen molar-refractivity contribution < 1.29 is 14.3 Å². The molecular weight excluding hydrogens is 320 g/mol. The number of imide groups is 1. The van der Waals surface area contributed by atoms with Crippen LogP contribution in [0.2, 0.25) is 0 Å². The highest BCUT2D eigenvalue weighted by Crippen LogP contribution is 2.21. The van der Waals surface area contributed by atoms with Gasteiger partial charge in [0, 0.05) is 31.9 Å². The Morgan fingerprint density at radius 2 is 1.80 bits per heavy atom.